The van der Waals surface area contributed by atoms with E-state index in [4.69, 9.17) is 34.8 Å². The molecule has 3 aromatic rings. The number of hydrogen-bond donors (Lipinski definition) is 1. The second-order valence-electron chi connectivity index (χ2n) is 4.16. The highest BCUT2D eigenvalue weighted by molar-refractivity contribution is 7.00. The third-order valence-electron chi connectivity index (χ3n) is 2.83. The lowest BCUT2D eigenvalue weighted by atomic mass is 10.2. The van der Waals surface area contributed by atoms with Crippen LogP contribution in [0, 0.1) is 0 Å². The largest absolute Gasteiger partial charge is 0.378 e. The van der Waals surface area contributed by atoms with E-state index in [9.17, 15) is 0 Å². The summed E-state index contributed by atoms with van der Waals surface area (Å²) in [5, 5.41) is 5.03. The highest BCUT2D eigenvalue weighted by Gasteiger charge is 2.13. The van der Waals surface area contributed by atoms with E-state index >= 15 is 0 Å². The van der Waals surface area contributed by atoms with Crippen LogP contribution < -0.4 is 5.32 Å². The van der Waals surface area contributed by atoms with Gasteiger partial charge in [-0.05, 0) is 23.8 Å². The number of nitrogens with one attached hydrogen (secondary N) is 1. The minimum Gasteiger partial charge on any atom is -0.378 e. The van der Waals surface area contributed by atoms with Gasteiger partial charge in [-0.1, -0.05) is 46.9 Å². The van der Waals surface area contributed by atoms with E-state index in [0.717, 1.165) is 23.0 Å². The minimum absolute atomic E-state index is 0.510. The number of aromatic nitrogens is 2. The molecule has 2 aromatic carbocycles. The average Bonchev–Trinajstić information content (AvgIpc) is 2.90. The summed E-state index contributed by atoms with van der Waals surface area (Å²) in [5.74, 6) is 0. The quantitative estimate of drug-likeness (QED) is 0.704. The molecule has 0 aliphatic rings. The number of anilines is 1. The maximum Gasteiger partial charge on any atom is 0.130 e. The Morgan fingerprint density at radius 3 is 2.40 bits per heavy atom. The van der Waals surface area contributed by atoms with E-state index in [1.807, 2.05) is 24.3 Å². The third-order valence-corrected chi connectivity index (χ3v) is 4.19. The van der Waals surface area contributed by atoms with Gasteiger partial charge in [0, 0.05) is 11.6 Å². The van der Waals surface area contributed by atoms with Crippen LogP contribution in [0.15, 0.2) is 30.3 Å². The molecule has 0 amide bonds. The Kier molecular flexibility index (Phi) is 3.98. The van der Waals surface area contributed by atoms with E-state index in [-0.39, 0.29) is 0 Å². The zero-order chi connectivity index (χ0) is 14.1. The lowest BCUT2D eigenvalue weighted by Crippen LogP contribution is -2.00. The minimum atomic E-state index is 0.510. The van der Waals surface area contributed by atoms with Crippen LogP contribution in [0.3, 0.4) is 0 Å². The fraction of sp³-hybridized carbons (Fsp3) is 0.0769. The SMILES string of the molecule is Clc1ccc(CNc2c(Cl)cc(Cl)c3nsnc23)cc1. The van der Waals surface area contributed by atoms with Crippen molar-refractivity contribution in [3.63, 3.8) is 0 Å². The third kappa shape index (κ3) is 2.69. The molecule has 0 unspecified atom stereocenters. The summed E-state index contributed by atoms with van der Waals surface area (Å²) in [6.45, 7) is 0.616. The first-order valence-corrected chi connectivity index (χ1v) is 7.60. The molecule has 3 nitrogen and oxygen atoms in total. The molecule has 0 saturated heterocycles. The standard InChI is InChI=1S/C13H8Cl3N3S/c14-8-3-1-7(2-4-8)6-17-11-9(15)5-10(16)12-13(11)19-20-18-12/h1-5,17H,6H2. The lowest BCUT2D eigenvalue weighted by Gasteiger charge is -2.09. The molecule has 7 heteroatoms. The summed E-state index contributed by atoms with van der Waals surface area (Å²) in [6, 6.07) is 9.28. The van der Waals surface area contributed by atoms with Crippen LogP contribution in [0.2, 0.25) is 15.1 Å². The molecule has 0 bridgehead atoms. The second-order valence-corrected chi connectivity index (χ2v) is 5.94. The Morgan fingerprint density at radius 2 is 1.65 bits per heavy atom. The summed E-state index contributed by atoms with van der Waals surface area (Å²) in [6.07, 6.45) is 0. The molecule has 20 heavy (non-hydrogen) atoms. The van der Waals surface area contributed by atoms with E-state index in [2.05, 4.69) is 14.1 Å². The fourth-order valence-corrected chi connectivity index (χ4v) is 3.14. The van der Waals surface area contributed by atoms with Crippen molar-refractivity contribution >= 4 is 63.3 Å². The van der Waals surface area contributed by atoms with Gasteiger partial charge in [-0.25, -0.2) is 0 Å². The van der Waals surface area contributed by atoms with Crippen molar-refractivity contribution in [2.75, 3.05) is 5.32 Å². The first-order valence-electron chi connectivity index (χ1n) is 5.74. The molecule has 0 aliphatic heterocycles. The topological polar surface area (TPSA) is 37.8 Å². The Labute approximate surface area is 134 Å². The zero-order valence-corrected chi connectivity index (χ0v) is 13.1. The maximum atomic E-state index is 6.23. The van der Waals surface area contributed by atoms with E-state index in [0.29, 0.717) is 32.6 Å². The molecule has 102 valence electrons. The summed E-state index contributed by atoms with van der Waals surface area (Å²) in [4.78, 5) is 0. The van der Waals surface area contributed by atoms with Crippen LogP contribution in [0.4, 0.5) is 5.69 Å². The lowest BCUT2D eigenvalue weighted by molar-refractivity contribution is 1.15. The molecule has 0 spiro atoms. The highest BCUT2D eigenvalue weighted by Crippen LogP contribution is 2.35. The molecule has 0 atom stereocenters. The van der Waals surface area contributed by atoms with Crippen molar-refractivity contribution in [3.05, 3.63) is 51.0 Å². The molecule has 0 fully saturated rings. The van der Waals surface area contributed by atoms with Crippen molar-refractivity contribution in [2.45, 2.75) is 6.54 Å². The van der Waals surface area contributed by atoms with Crippen molar-refractivity contribution in [1.29, 1.82) is 0 Å². The van der Waals surface area contributed by atoms with E-state index < -0.39 is 0 Å². The van der Waals surface area contributed by atoms with E-state index in [1.54, 1.807) is 6.07 Å². The van der Waals surface area contributed by atoms with Crippen LogP contribution >= 0.6 is 46.5 Å². The number of nitrogens with zero attached hydrogens (tertiary/aromatic N) is 2. The molecule has 3 rings (SSSR count). The number of fused-ring (bicyclic) bond motifs is 1. The van der Waals surface area contributed by atoms with Crippen LogP contribution in [-0.2, 0) is 6.54 Å². The van der Waals surface area contributed by atoms with Crippen LogP contribution in [0.25, 0.3) is 11.0 Å². The first kappa shape index (κ1) is 13.9. The molecule has 0 saturated carbocycles. The number of halogens is 3. The van der Waals surface area contributed by atoms with Gasteiger partial charge >= 0.3 is 0 Å². The van der Waals surface area contributed by atoms with Crippen molar-refractivity contribution in [3.8, 4) is 0 Å². The average molecular weight is 345 g/mol. The normalized spacial score (nSPS) is 10.9. The van der Waals surface area contributed by atoms with Crippen molar-refractivity contribution in [1.82, 2.24) is 8.75 Å². The van der Waals surface area contributed by atoms with Gasteiger partial charge in [0.15, 0.2) is 0 Å². The summed E-state index contributed by atoms with van der Waals surface area (Å²) in [7, 11) is 0. The molecular formula is C13H8Cl3N3S. The van der Waals surface area contributed by atoms with Gasteiger partial charge in [0.1, 0.15) is 11.0 Å². The van der Waals surface area contributed by atoms with Gasteiger partial charge in [-0.2, -0.15) is 8.75 Å². The van der Waals surface area contributed by atoms with Crippen molar-refractivity contribution < 1.29 is 0 Å². The summed E-state index contributed by atoms with van der Waals surface area (Å²) in [5.41, 5.74) is 3.20. The monoisotopic (exact) mass is 343 g/mol. The Hall–Kier alpha value is -1.07. The molecule has 0 radical (unpaired) electrons. The molecular weight excluding hydrogens is 337 g/mol. The predicted octanol–water partition coefficient (Wildman–Crippen LogP) is 5.26. The van der Waals surface area contributed by atoms with Gasteiger partial charge in [0.05, 0.1) is 27.5 Å². The molecule has 0 aliphatic carbocycles. The molecule has 1 heterocycles. The summed E-state index contributed by atoms with van der Waals surface area (Å²) < 4.78 is 8.41. The smallest absolute Gasteiger partial charge is 0.130 e. The Morgan fingerprint density at radius 1 is 0.950 bits per heavy atom. The Balaban J connectivity index is 1.91. The predicted molar refractivity (Wildman–Crippen MR) is 86.2 cm³/mol. The molecule has 1 N–H and O–H groups in total. The first-order chi connectivity index (χ1) is 9.65. The van der Waals surface area contributed by atoms with Crippen LogP contribution in [0.5, 0.6) is 0 Å². The van der Waals surface area contributed by atoms with Gasteiger partial charge < -0.3 is 5.32 Å². The van der Waals surface area contributed by atoms with Crippen LogP contribution in [0.1, 0.15) is 5.56 Å². The second kappa shape index (κ2) is 5.74. The maximum absolute atomic E-state index is 6.23. The van der Waals surface area contributed by atoms with Gasteiger partial charge in [-0.3, -0.25) is 0 Å². The van der Waals surface area contributed by atoms with Crippen LogP contribution in [-0.4, -0.2) is 8.75 Å². The molecule has 1 aromatic heterocycles. The highest BCUT2D eigenvalue weighted by atomic mass is 35.5. The van der Waals surface area contributed by atoms with Gasteiger partial charge in [0.2, 0.25) is 0 Å². The fourth-order valence-electron chi connectivity index (χ4n) is 1.84. The number of benzene rings is 2. The summed E-state index contributed by atoms with van der Waals surface area (Å²) >= 11 is 19.3. The number of hydrogen-bond acceptors (Lipinski definition) is 4. The van der Waals surface area contributed by atoms with E-state index in [1.165, 1.54) is 0 Å². The van der Waals surface area contributed by atoms with Gasteiger partial charge in [-0.15, -0.1) is 0 Å². The number of rotatable bonds is 3. The Bertz CT molecular complexity index is 755. The zero-order valence-electron chi connectivity index (χ0n) is 10.0. The van der Waals surface area contributed by atoms with Crippen molar-refractivity contribution in [2.24, 2.45) is 0 Å². The van der Waals surface area contributed by atoms with Gasteiger partial charge in [0.25, 0.3) is 0 Å².